The van der Waals surface area contributed by atoms with Crippen molar-refractivity contribution in [2.24, 2.45) is 0 Å². The first-order chi connectivity index (χ1) is 2.89. The van der Waals surface area contributed by atoms with Crippen LogP contribution in [-0.4, -0.2) is 0 Å². The Morgan fingerprint density at radius 2 is 2.43 bits per heavy atom. The smallest absolute Gasteiger partial charge is 0.258 e. The van der Waals surface area contributed by atoms with Gasteiger partial charge in [0.1, 0.15) is 0 Å². The Hall–Kier alpha value is 0.777. The van der Waals surface area contributed by atoms with Crippen LogP contribution in [-0.2, 0) is 0 Å². The predicted octanol–water partition coefficient (Wildman–Crippen LogP) is -0.685. The second-order valence-corrected chi connectivity index (χ2v) is 3.07. The summed E-state index contributed by atoms with van der Waals surface area (Å²) in [5, 5.41) is 1.98. The van der Waals surface area contributed by atoms with E-state index in [-0.39, 0.29) is 18.9 Å². The van der Waals surface area contributed by atoms with Gasteiger partial charge in [0.2, 0.25) is 0 Å². The van der Waals surface area contributed by atoms with Crippen LogP contribution in [0, 0.1) is 6.07 Å². The zero-order valence-electron chi connectivity index (χ0n) is 3.94. The van der Waals surface area contributed by atoms with Crippen molar-refractivity contribution < 1.29 is 18.9 Å². The monoisotopic (exact) mass is 168 g/mol. The van der Waals surface area contributed by atoms with Gasteiger partial charge in [0.25, 0.3) is 0 Å². The van der Waals surface area contributed by atoms with Crippen molar-refractivity contribution in [1.82, 2.24) is 0 Å². The average molecular weight is 169 g/mol. The van der Waals surface area contributed by atoms with Crippen LogP contribution in [0.25, 0.3) is 0 Å². The van der Waals surface area contributed by atoms with Gasteiger partial charge in [-0.15, -0.1) is 0 Å². The molecule has 0 atom stereocenters. The molecular weight excluding hydrogens is 167 g/mol. The molecule has 0 saturated heterocycles. The maximum atomic E-state index is 3.24. The molecule has 0 nitrogen and oxygen atoms in total. The zero-order valence-corrected chi connectivity index (χ0v) is 6.34. The number of rotatable bonds is 0. The summed E-state index contributed by atoms with van der Waals surface area (Å²) in [7, 11) is 0. The van der Waals surface area contributed by atoms with E-state index >= 15 is 0 Å². The van der Waals surface area contributed by atoms with E-state index in [4.69, 9.17) is 0 Å². The van der Waals surface area contributed by atoms with Crippen molar-refractivity contribution in [3.63, 3.8) is 0 Å². The van der Waals surface area contributed by atoms with E-state index in [1.807, 2.05) is 11.4 Å². The topological polar surface area (TPSA) is 0 Å². The molecule has 1 aromatic heterocycles. The first-order valence-electron chi connectivity index (χ1n) is 1.50. The van der Waals surface area contributed by atoms with Gasteiger partial charge in [-0.25, -0.2) is 12.1 Å². The molecule has 0 unspecified atom stereocenters. The number of thiophene rings is 1. The van der Waals surface area contributed by atoms with Crippen LogP contribution in [0.1, 0.15) is 0 Å². The molecule has 0 spiro atoms. The van der Waals surface area contributed by atoms with Crippen LogP contribution in [0.2, 0.25) is 0 Å². The van der Waals surface area contributed by atoms with Gasteiger partial charge in [0, 0.05) is 0 Å². The van der Waals surface area contributed by atoms with Gasteiger partial charge < -0.3 is 0 Å². The van der Waals surface area contributed by atoms with Crippen LogP contribution in [0.4, 0.5) is 0 Å². The van der Waals surface area contributed by atoms with Crippen LogP contribution in [0.3, 0.4) is 0 Å². The Kier molecular flexibility index (Phi) is 4.16. The van der Waals surface area contributed by atoms with Crippen LogP contribution < -0.4 is 18.9 Å². The molecule has 7 heavy (non-hydrogen) atoms. The van der Waals surface area contributed by atoms with Crippen molar-refractivity contribution in [2.75, 3.05) is 0 Å². The Morgan fingerprint density at radius 3 is 2.57 bits per heavy atom. The number of hydrogen-bond acceptors (Lipinski definition) is 1. The van der Waals surface area contributed by atoms with Crippen LogP contribution in [0.15, 0.2) is 15.2 Å². The average Bonchev–Trinajstić information content (AvgIpc) is 1.86. The first-order valence-corrected chi connectivity index (χ1v) is 3.17. The molecule has 0 amide bonds. The normalized spacial score (nSPS) is 7.57. The minimum Gasteiger partial charge on any atom is -0.258 e. The molecule has 0 radical (unpaired) electrons. The molecule has 0 bridgehead atoms. The molecule has 32 valence electrons. The fourth-order valence-corrected chi connectivity index (χ4v) is 1.07. The Balaban J connectivity index is 0.000000360. The minimum absolute atomic E-state index is 0. The van der Waals surface area contributed by atoms with Crippen molar-refractivity contribution in [3.8, 4) is 0 Å². The zero-order chi connectivity index (χ0) is 4.41. The summed E-state index contributed by atoms with van der Waals surface area (Å²) in [4.78, 5) is 0. The van der Waals surface area contributed by atoms with E-state index in [9.17, 15) is 0 Å². The molecule has 1 rings (SSSR count). The van der Waals surface area contributed by atoms with Gasteiger partial charge in [0.05, 0.1) is 0 Å². The van der Waals surface area contributed by atoms with Crippen LogP contribution in [0.5, 0.6) is 0 Å². The van der Waals surface area contributed by atoms with E-state index in [2.05, 4.69) is 22.0 Å². The minimum atomic E-state index is 0. The SMILES string of the molecule is Brc1[c-]ccs1.[Li+]. The van der Waals surface area contributed by atoms with Crippen molar-refractivity contribution in [3.05, 3.63) is 21.3 Å². The largest absolute Gasteiger partial charge is 1.00 e. The third-order valence-corrected chi connectivity index (χ3v) is 1.82. The predicted molar refractivity (Wildman–Crippen MR) is 30.9 cm³/mol. The third kappa shape index (κ3) is 2.56. The molecular formula is C4H2BrLiS. The van der Waals surface area contributed by atoms with Gasteiger partial charge in [-0.1, -0.05) is 15.9 Å². The van der Waals surface area contributed by atoms with E-state index in [0.717, 1.165) is 3.79 Å². The standard InChI is InChI=1S/C4H2BrS.Li/c5-4-2-1-3-6-4;/h1,3H;/q-1;+1. The summed E-state index contributed by atoms with van der Waals surface area (Å²) in [5.74, 6) is 0. The molecule has 1 heterocycles. The van der Waals surface area contributed by atoms with Crippen molar-refractivity contribution in [1.29, 1.82) is 0 Å². The summed E-state index contributed by atoms with van der Waals surface area (Å²) < 4.78 is 1.07. The van der Waals surface area contributed by atoms with E-state index < -0.39 is 0 Å². The van der Waals surface area contributed by atoms with Gasteiger partial charge in [-0.3, -0.25) is 11.3 Å². The summed E-state index contributed by atoms with van der Waals surface area (Å²) in [6.07, 6.45) is 0. The molecule has 0 aliphatic carbocycles. The number of halogens is 1. The fourth-order valence-electron chi connectivity index (χ4n) is 0.227. The van der Waals surface area contributed by atoms with E-state index in [1.54, 1.807) is 11.3 Å². The van der Waals surface area contributed by atoms with Crippen LogP contribution >= 0.6 is 27.3 Å². The Morgan fingerprint density at radius 1 is 1.71 bits per heavy atom. The fraction of sp³-hybridized carbons (Fsp3) is 0. The van der Waals surface area contributed by atoms with Gasteiger partial charge in [-0.2, -0.15) is 5.38 Å². The molecule has 0 N–H and O–H groups in total. The Bertz CT molecular complexity index is 115. The van der Waals surface area contributed by atoms with Gasteiger partial charge in [0.15, 0.2) is 0 Å². The molecule has 1 aromatic rings. The summed E-state index contributed by atoms with van der Waals surface area (Å²) in [6, 6.07) is 4.82. The maximum Gasteiger partial charge on any atom is 1.00 e. The third-order valence-electron chi connectivity index (χ3n) is 0.436. The summed E-state index contributed by atoms with van der Waals surface area (Å²) >= 11 is 4.88. The summed E-state index contributed by atoms with van der Waals surface area (Å²) in [6.45, 7) is 0. The maximum absolute atomic E-state index is 3.24. The second kappa shape index (κ2) is 3.74. The second-order valence-electron chi connectivity index (χ2n) is 0.839. The molecule has 0 fully saturated rings. The molecule has 3 heteroatoms. The van der Waals surface area contributed by atoms with Gasteiger partial charge in [-0.05, 0) is 3.79 Å². The van der Waals surface area contributed by atoms with Crippen molar-refractivity contribution >= 4 is 27.3 Å². The van der Waals surface area contributed by atoms with E-state index in [0.29, 0.717) is 0 Å². The van der Waals surface area contributed by atoms with E-state index in [1.165, 1.54) is 0 Å². The quantitative estimate of drug-likeness (QED) is 0.356. The summed E-state index contributed by atoms with van der Waals surface area (Å²) in [5.41, 5.74) is 0. The van der Waals surface area contributed by atoms with Crippen molar-refractivity contribution in [2.45, 2.75) is 0 Å². The molecule has 0 aliphatic heterocycles. The first kappa shape index (κ1) is 7.78. The Labute approximate surface area is 67.2 Å². The van der Waals surface area contributed by atoms with Gasteiger partial charge >= 0.3 is 18.9 Å². The number of hydrogen-bond donors (Lipinski definition) is 0. The molecule has 0 aromatic carbocycles. The molecule has 0 saturated carbocycles. The molecule has 0 aliphatic rings.